The van der Waals surface area contributed by atoms with Crippen LogP contribution >= 0.6 is 23.4 Å². The summed E-state index contributed by atoms with van der Waals surface area (Å²) in [5.74, 6) is -0.235. The third-order valence-corrected chi connectivity index (χ3v) is 7.29. The van der Waals surface area contributed by atoms with Crippen LogP contribution in [0.2, 0.25) is 5.02 Å². The number of aryl methyl sites for hydroxylation is 1. The van der Waals surface area contributed by atoms with Gasteiger partial charge in [-0.2, -0.15) is 11.8 Å². The van der Waals surface area contributed by atoms with Gasteiger partial charge in [0, 0.05) is 11.1 Å². The number of carboxylic acid groups (broad SMARTS) is 1. The molecular formula is C31H30ClFLiNO5S. The van der Waals surface area contributed by atoms with Crippen molar-refractivity contribution < 1.29 is 48.5 Å². The molecule has 210 valence electrons. The fraction of sp³-hybridized carbons (Fsp3) is 0.226. The maximum atomic E-state index is 13.5. The van der Waals surface area contributed by atoms with E-state index in [1.165, 1.54) is 23.9 Å². The van der Waals surface area contributed by atoms with E-state index in [2.05, 4.69) is 5.32 Å². The molecule has 0 radical (unpaired) electrons. The van der Waals surface area contributed by atoms with Crippen molar-refractivity contribution in [2.75, 3.05) is 12.0 Å². The van der Waals surface area contributed by atoms with Crippen LogP contribution in [-0.4, -0.2) is 35.0 Å². The van der Waals surface area contributed by atoms with Gasteiger partial charge in [-0.1, -0.05) is 41.9 Å². The Morgan fingerprint density at radius 2 is 1.85 bits per heavy atom. The van der Waals surface area contributed by atoms with E-state index in [1.807, 2.05) is 43.5 Å². The van der Waals surface area contributed by atoms with Gasteiger partial charge in [-0.25, -0.2) is 9.18 Å². The number of carboxylic acids is 1. The SMILES string of the molecule is CSCC[C@H](NC(=O)c1ccc(COCc2ccc(-c3ccc(F)c(Cl)c3)o2)cc1-c1ccccc1C)C(=O)O.[H-].[Li+]. The second kappa shape index (κ2) is 15.3. The maximum absolute atomic E-state index is 13.5. The molecule has 10 heteroatoms. The van der Waals surface area contributed by atoms with Gasteiger partial charge < -0.3 is 21.0 Å². The van der Waals surface area contributed by atoms with Crippen molar-refractivity contribution in [1.82, 2.24) is 5.32 Å². The van der Waals surface area contributed by atoms with Gasteiger partial charge in [-0.15, -0.1) is 0 Å². The average molecular weight is 590 g/mol. The van der Waals surface area contributed by atoms with Crippen LogP contribution in [0, 0.1) is 12.7 Å². The molecule has 41 heavy (non-hydrogen) atoms. The minimum absolute atomic E-state index is 0. The molecule has 0 bridgehead atoms. The molecule has 1 heterocycles. The van der Waals surface area contributed by atoms with Crippen LogP contribution in [0.5, 0.6) is 0 Å². The van der Waals surface area contributed by atoms with E-state index in [9.17, 15) is 19.1 Å². The van der Waals surface area contributed by atoms with Crippen molar-refractivity contribution in [3.63, 3.8) is 0 Å². The number of carbonyl (C=O) groups excluding carboxylic acids is 1. The first kappa shape index (κ1) is 32.5. The predicted molar refractivity (Wildman–Crippen MR) is 157 cm³/mol. The standard InChI is InChI=1S/C31H29ClFNO5S.Li.H/c1-19-5-3-4-6-23(19)25-15-20(7-10-24(25)30(35)34-28(31(36)37)13-14-40-2)17-38-18-22-9-12-29(39-22)21-8-11-27(33)26(32)16-21;;/h3-12,15-16,28H,13-14,17-18H2,1-2H3,(H,34,35)(H,36,37);;/q;+1;-1/t28-;;/m0../s1. The van der Waals surface area contributed by atoms with Gasteiger partial charge in [-0.05, 0) is 90.1 Å². The molecule has 0 saturated carbocycles. The Morgan fingerprint density at radius 1 is 1.07 bits per heavy atom. The molecule has 0 spiro atoms. The number of carbonyl (C=O) groups is 2. The molecule has 1 aromatic heterocycles. The first-order valence-electron chi connectivity index (χ1n) is 12.6. The second-order valence-corrected chi connectivity index (χ2v) is 10.6. The quantitative estimate of drug-likeness (QED) is 0.237. The largest absolute Gasteiger partial charge is 1.00 e. The van der Waals surface area contributed by atoms with Gasteiger partial charge in [0.2, 0.25) is 0 Å². The van der Waals surface area contributed by atoms with Crippen LogP contribution in [-0.2, 0) is 22.7 Å². The van der Waals surface area contributed by atoms with Crippen molar-refractivity contribution in [2.24, 2.45) is 0 Å². The normalized spacial score (nSPS) is 11.5. The van der Waals surface area contributed by atoms with Crippen LogP contribution in [0.25, 0.3) is 22.5 Å². The zero-order valence-corrected chi connectivity index (χ0v) is 24.7. The Bertz CT molecular complexity index is 1520. The van der Waals surface area contributed by atoms with E-state index in [0.29, 0.717) is 40.4 Å². The summed E-state index contributed by atoms with van der Waals surface area (Å²) in [4.78, 5) is 25.0. The van der Waals surface area contributed by atoms with E-state index in [-0.39, 0.29) is 38.5 Å². The van der Waals surface area contributed by atoms with Crippen molar-refractivity contribution in [2.45, 2.75) is 32.6 Å². The molecule has 4 aromatic rings. The molecule has 0 unspecified atom stereocenters. The molecule has 4 rings (SSSR count). The minimum atomic E-state index is -1.06. The topological polar surface area (TPSA) is 88.8 Å². The molecule has 3 aromatic carbocycles. The number of halogens is 2. The summed E-state index contributed by atoms with van der Waals surface area (Å²) in [5, 5.41) is 12.3. The molecule has 0 fully saturated rings. The summed E-state index contributed by atoms with van der Waals surface area (Å²) in [6, 6.07) is 20.1. The Kier molecular flexibility index (Phi) is 12.1. The number of aliphatic carboxylic acids is 1. The third kappa shape index (κ3) is 8.51. The third-order valence-electron chi connectivity index (χ3n) is 6.36. The fourth-order valence-electron chi connectivity index (χ4n) is 4.24. The second-order valence-electron chi connectivity index (χ2n) is 9.23. The summed E-state index contributed by atoms with van der Waals surface area (Å²) in [7, 11) is 0. The fourth-order valence-corrected chi connectivity index (χ4v) is 4.89. The van der Waals surface area contributed by atoms with Gasteiger partial charge in [-0.3, -0.25) is 4.79 Å². The van der Waals surface area contributed by atoms with Gasteiger partial charge in [0.25, 0.3) is 5.91 Å². The number of hydrogen-bond donors (Lipinski definition) is 2. The summed E-state index contributed by atoms with van der Waals surface area (Å²) in [6.45, 7) is 2.42. The average Bonchev–Trinajstić information content (AvgIpc) is 3.41. The number of benzene rings is 3. The number of amides is 1. The number of furan rings is 1. The zero-order chi connectivity index (χ0) is 28.6. The molecule has 2 N–H and O–H groups in total. The van der Waals surface area contributed by atoms with Crippen LogP contribution in [0.1, 0.15) is 35.1 Å². The van der Waals surface area contributed by atoms with E-state index in [4.69, 9.17) is 20.8 Å². The monoisotopic (exact) mass is 589 g/mol. The summed E-state index contributed by atoms with van der Waals surface area (Å²) in [5.41, 5.74) is 4.44. The number of ether oxygens (including phenoxy) is 1. The minimum Gasteiger partial charge on any atom is -1.00 e. The van der Waals surface area contributed by atoms with E-state index in [0.717, 1.165) is 16.7 Å². The number of rotatable bonds is 12. The summed E-state index contributed by atoms with van der Waals surface area (Å²) in [6.07, 6.45) is 2.22. The van der Waals surface area contributed by atoms with Crippen molar-refractivity contribution in [3.05, 3.63) is 106 Å². The van der Waals surface area contributed by atoms with Crippen molar-refractivity contribution >= 4 is 35.2 Å². The molecular weight excluding hydrogens is 560 g/mol. The maximum Gasteiger partial charge on any atom is 1.00 e. The van der Waals surface area contributed by atoms with Gasteiger partial charge in [0.05, 0.1) is 11.6 Å². The van der Waals surface area contributed by atoms with Gasteiger partial charge in [0.1, 0.15) is 30.0 Å². The Hall–Kier alpha value is -2.99. The molecule has 6 nitrogen and oxygen atoms in total. The van der Waals surface area contributed by atoms with E-state index in [1.54, 1.807) is 30.3 Å². The molecule has 0 saturated heterocycles. The molecule has 1 amide bonds. The predicted octanol–water partition coefficient (Wildman–Crippen LogP) is 4.48. The smallest absolute Gasteiger partial charge is 1.00 e. The van der Waals surface area contributed by atoms with Crippen molar-refractivity contribution in [1.29, 1.82) is 0 Å². The number of thioether (sulfide) groups is 1. The van der Waals surface area contributed by atoms with Crippen LogP contribution in [0.4, 0.5) is 4.39 Å². The van der Waals surface area contributed by atoms with Crippen LogP contribution < -0.4 is 24.2 Å². The molecule has 1 atom stereocenters. The first-order chi connectivity index (χ1) is 19.3. The number of nitrogens with one attached hydrogen (secondary N) is 1. The first-order valence-corrected chi connectivity index (χ1v) is 14.4. The van der Waals surface area contributed by atoms with Gasteiger partial charge >= 0.3 is 24.8 Å². The van der Waals surface area contributed by atoms with E-state index < -0.39 is 23.7 Å². The molecule has 0 aliphatic heterocycles. The Labute approximate surface area is 261 Å². The van der Waals surface area contributed by atoms with Crippen LogP contribution in [0.3, 0.4) is 0 Å². The van der Waals surface area contributed by atoms with Crippen molar-refractivity contribution in [3.8, 4) is 22.5 Å². The summed E-state index contributed by atoms with van der Waals surface area (Å²) >= 11 is 7.41. The van der Waals surface area contributed by atoms with Crippen LogP contribution in [0.15, 0.2) is 77.2 Å². The zero-order valence-electron chi connectivity index (χ0n) is 24.1. The number of hydrogen-bond acceptors (Lipinski definition) is 5. The molecule has 0 aliphatic rings. The Balaban J connectivity index is 0.00000308. The van der Waals surface area contributed by atoms with E-state index >= 15 is 0 Å². The summed E-state index contributed by atoms with van der Waals surface area (Å²) < 4.78 is 25.2. The van der Waals surface area contributed by atoms with Gasteiger partial charge in [0.15, 0.2) is 0 Å². The Morgan fingerprint density at radius 3 is 2.56 bits per heavy atom. The molecule has 0 aliphatic carbocycles.